The van der Waals surface area contributed by atoms with Crippen molar-refractivity contribution in [3.8, 4) is 11.4 Å². The number of carbonyl (C=O) groups excluding carboxylic acids is 1. The van der Waals surface area contributed by atoms with Crippen LogP contribution in [0.3, 0.4) is 0 Å². The van der Waals surface area contributed by atoms with Gasteiger partial charge < -0.3 is 4.57 Å². The highest BCUT2D eigenvalue weighted by Crippen LogP contribution is 2.18. The monoisotopic (exact) mass is 333 g/mol. The minimum atomic E-state index is 0.238. The van der Waals surface area contributed by atoms with Crippen molar-refractivity contribution in [2.45, 2.75) is 33.1 Å². The molecule has 0 N–H and O–H groups in total. The number of rotatable bonds is 6. The number of carbonyl (C=O) groups is 1. The van der Waals surface area contributed by atoms with Crippen LogP contribution in [0.5, 0.6) is 0 Å². The number of hydrogen-bond donors (Lipinski definition) is 0. The summed E-state index contributed by atoms with van der Waals surface area (Å²) < 4.78 is 1.97. The maximum atomic E-state index is 12.4. The predicted molar refractivity (Wildman–Crippen MR) is 99.4 cm³/mol. The van der Waals surface area contributed by atoms with E-state index in [2.05, 4.69) is 36.2 Å². The van der Waals surface area contributed by atoms with Gasteiger partial charge in [-0.1, -0.05) is 48.5 Å². The molecule has 0 bridgehead atoms. The number of nitrogens with zero attached hydrogens (tertiary/aromatic N) is 3. The first-order chi connectivity index (χ1) is 12.1. The Morgan fingerprint density at radius 1 is 0.960 bits per heavy atom. The molecule has 0 unspecified atom stereocenters. The van der Waals surface area contributed by atoms with Gasteiger partial charge in [0.2, 0.25) is 0 Å². The van der Waals surface area contributed by atoms with Crippen LogP contribution in [-0.4, -0.2) is 20.5 Å². The summed E-state index contributed by atoms with van der Waals surface area (Å²) in [6.07, 6.45) is 1.58. The highest BCUT2D eigenvalue weighted by Gasteiger charge is 2.13. The number of aryl methyl sites for hydroxylation is 3. The van der Waals surface area contributed by atoms with Crippen LogP contribution in [0, 0.1) is 13.8 Å². The molecular formula is C21H23N3O. The summed E-state index contributed by atoms with van der Waals surface area (Å²) in [5.74, 6) is 1.91. The lowest BCUT2D eigenvalue weighted by Gasteiger charge is -2.09. The lowest BCUT2D eigenvalue weighted by Crippen LogP contribution is -2.09. The minimum absolute atomic E-state index is 0.238. The van der Waals surface area contributed by atoms with Crippen LogP contribution in [0.2, 0.25) is 0 Å². The normalized spacial score (nSPS) is 10.8. The van der Waals surface area contributed by atoms with Gasteiger partial charge in [0.15, 0.2) is 5.82 Å². The predicted octanol–water partition coefficient (Wildman–Crippen LogP) is 3.84. The van der Waals surface area contributed by atoms with Gasteiger partial charge in [0.25, 0.3) is 0 Å². The molecule has 3 rings (SSSR count). The Kier molecular flexibility index (Phi) is 5.08. The zero-order chi connectivity index (χ0) is 17.8. The van der Waals surface area contributed by atoms with Gasteiger partial charge in [-0.3, -0.25) is 4.79 Å². The SMILES string of the molecule is Cc1cccc(C)c1CC(=O)CCc1nnc(-c2ccccc2)n1C. The fraction of sp³-hybridized carbons (Fsp3) is 0.286. The molecule has 0 radical (unpaired) electrons. The number of ketones is 1. The summed E-state index contributed by atoms with van der Waals surface area (Å²) in [5.41, 5.74) is 4.54. The molecule has 3 aromatic rings. The Morgan fingerprint density at radius 2 is 1.64 bits per heavy atom. The lowest BCUT2D eigenvalue weighted by atomic mass is 9.97. The lowest BCUT2D eigenvalue weighted by molar-refractivity contribution is -0.118. The largest absolute Gasteiger partial charge is 0.314 e. The van der Waals surface area contributed by atoms with Crippen molar-refractivity contribution >= 4 is 5.78 Å². The van der Waals surface area contributed by atoms with Crippen molar-refractivity contribution in [1.29, 1.82) is 0 Å². The molecule has 0 saturated heterocycles. The Morgan fingerprint density at radius 3 is 2.32 bits per heavy atom. The molecule has 2 aromatic carbocycles. The summed E-state index contributed by atoms with van der Waals surface area (Å²) in [4.78, 5) is 12.4. The number of benzene rings is 2. The third-order valence-electron chi connectivity index (χ3n) is 4.64. The van der Waals surface area contributed by atoms with Crippen molar-refractivity contribution in [3.05, 3.63) is 71.0 Å². The van der Waals surface area contributed by atoms with Crippen LogP contribution in [0.15, 0.2) is 48.5 Å². The molecule has 25 heavy (non-hydrogen) atoms. The second kappa shape index (κ2) is 7.43. The van der Waals surface area contributed by atoms with Crippen LogP contribution in [0.1, 0.15) is 28.9 Å². The van der Waals surface area contributed by atoms with Crippen molar-refractivity contribution in [1.82, 2.24) is 14.8 Å². The summed E-state index contributed by atoms with van der Waals surface area (Å²) in [5, 5.41) is 8.54. The molecule has 0 aliphatic heterocycles. The van der Waals surface area contributed by atoms with Crippen molar-refractivity contribution in [3.63, 3.8) is 0 Å². The molecule has 0 aliphatic carbocycles. The second-order valence-corrected chi connectivity index (χ2v) is 6.45. The Labute approximate surface area is 148 Å². The minimum Gasteiger partial charge on any atom is -0.314 e. The zero-order valence-electron chi connectivity index (χ0n) is 15.0. The van der Waals surface area contributed by atoms with Gasteiger partial charge in [-0.25, -0.2) is 0 Å². The average molecular weight is 333 g/mol. The molecule has 0 aliphatic rings. The van der Waals surface area contributed by atoms with E-state index in [0.29, 0.717) is 19.3 Å². The highest BCUT2D eigenvalue weighted by molar-refractivity contribution is 5.81. The van der Waals surface area contributed by atoms with E-state index >= 15 is 0 Å². The van der Waals surface area contributed by atoms with Gasteiger partial charge in [-0.05, 0) is 30.5 Å². The van der Waals surface area contributed by atoms with Gasteiger partial charge in [-0.2, -0.15) is 0 Å². The second-order valence-electron chi connectivity index (χ2n) is 6.45. The number of aromatic nitrogens is 3. The standard InChI is InChI=1S/C21H23N3O/c1-15-8-7-9-16(2)19(15)14-18(25)12-13-20-22-23-21(24(20)3)17-10-5-4-6-11-17/h4-11H,12-14H2,1-3H3. The molecular weight excluding hydrogens is 310 g/mol. The van der Waals surface area contributed by atoms with Gasteiger partial charge >= 0.3 is 0 Å². The van der Waals surface area contributed by atoms with E-state index < -0.39 is 0 Å². The van der Waals surface area contributed by atoms with E-state index in [0.717, 1.165) is 22.8 Å². The maximum Gasteiger partial charge on any atom is 0.163 e. The maximum absolute atomic E-state index is 12.4. The first-order valence-electron chi connectivity index (χ1n) is 8.56. The Bertz CT molecular complexity index is 861. The van der Waals surface area contributed by atoms with Gasteiger partial charge in [-0.15, -0.1) is 10.2 Å². The van der Waals surface area contributed by atoms with Crippen molar-refractivity contribution < 1.29 is 4.79 Å². The van der Waals surface area contributed by atoms with E-state index in [1.54, 1.807) is 0 Å². The number of Topliss-reactive ketones (excluding diaryl/α,β-unsaturated/α-hetero) is 1. The van der Waals surface area contributed by atoms with E-state index in [4.69, 9.17) is 0 Å². The smallest absolute Gasteiger partial charge is 0.163 e. The first-order valence-corrected chi connectivity index (χ1v) is 8.56. The Balaban J connectivity index is 1.66. The summed E-state index contributed by atoms with van der Waals surface area (Å²) in [7, 11) is 1.95. The van der Waals surface area contributed by atoms with Crippen LogP contribution in [-0.2, 0) is 24.7 Å². The quantitative estimate of drug-likeness (QED) is 0.688. The van der Waals surface area contributed by atoms with Gasteiger partial charge in [0.1, 0.15) is 11.6 Å². The molecule has 1 heterocycles. The van der Waals surface area contributed by atoms with Crippen LogP contribution in [0.4, 0.5) is 0 Å². The van der Waals surface area contributed by atoms with Crippen LogP contribution < -0.4 is 0 Å². The number of hydrogen-bond acceptors (Lipinski definition) is 3. The van der Waals surface area contributed by atoms with Crippen molar-refractivity contribution in [2.24, 2.45) is 7.05 Å². The molecule has 0 saturated carbocycles. The molecule has 1 aromatic heterocycles. The Hall–Kier alpha value is -2.75. The molecule has 4 heteroatoms. The first kappa shape index (κ1) is 17.1. The molecule has 0 amide bonds. The molecule has 0 spiro atoms. The summed E-state index contributed by atoms with van der Waals surface area (Å²) >= 11 is 0. The topological polar surface area (TPSA) is 47.8 Å². The fourth-order valence-corrected chi connectivity index (χ4v) is 3.08. The third-order valence-corrected chi connectivity index (χ3v) is 4.64. The van der Waals surface area contributed by atoms with E-state index in [1.165, 1.54) is 11.1 Å². The van der Waals surface area contributed by atoms with E-state index in [1.807, 2.05) is 48.0 Å². The van der Waals surface area contributed by atoms with Crippen molar-refractivity contribution in [2.75, 3.05) is 0 Å². The van der Waals surface area contributed by atoms with Gasteiger partial charge in [0, 0.05) is 31.9 Å². The molecule has 4 nitrogen and oxygen atoms in total. The van der Waals surface area contributed by atoms with Crippen LogP contribution in [0.25, 0.3) is 11.4 Å². The fourth-order valence-electron chi connectivity index (χ4n) is 3.08. The van der Waals surface area contributed by atoms with Crippen LogP contribution >= 0.6 is 0 Å². The zero-order valence-corrected chi connectivity index (χ0v) is 15.0. The van der Waals surface area contributed by atoms with Gasteiger partial charge in [0.05, 0.1) is 0 Å². The molecule has 128 valence electrons. The molecule has 0 fully saturated rings. The van der Waals surface area contributed by atoms with E-state index in [-0.39, 0.29) is 5.78 Å². The summed E-state index contributed by atoms with van der Waals surface area (Å²) in [6.45, 7) is 4.12. The van der Waals surface area contributed by atoms with E-state index in [9.17, 15) is 4.79 Å². The average Bonchev–Trinajstić information content (AvgIpc) is 2.98. The third kappa shape index (κ3) is 3.85. The molecule has 0 atom stereocenters. The highest BCUT2D eigenvalue weighted by atomic mass is 16.1. The summed E-state index contributed by atoms with van der Waals surface area (Å²) in [6, 6.07) is 16.1.